The fraction of sp³-hybridized carbons (Fsp3) is 0. The molecule has 2 heterocycles. The van der Waals surface area contributed by atoms with Gasteiger partial charge in [0.2, 0.25) is 0 Å². The molecule has 0 spiro atoms. The van der Waals surface area contributed by atoms with Crippen molar-refractivity contribution in [3.05, 3.63) is 182 Å². The lowest BCUT2D eigenvalue weighted by Gasteiger charge is -2.11. The van der Waals surface area contributed by atoms with Gasteiger partial charge in [0.1, 0.15) is 0 Å². The molecule has 0 amide bonds. The number of hydrogen-bond donors (Lipinski definition) is 0. The van der Waals surface area contributed by atoms with Crippen LogP contribution in [0.5, 0.6) is 0 Å². The highest BCUT2D eigenvalue weighted by Gasteiger charge is 2.18. The van der Waals surface area contributed by atoms with Gasteiger partial charge in [0.15, 0.2) is 0 Å². The van der Waals surface area contributed by atoms with Crippen molar-refractivity contribution < 1.29 is 0 Å². The van der Waals surface area contributed by atoms with Crippen LogP contribution in [0.1, 0.15) is 0 Å². The molecule has 0 unspecified atom stereocenters. The van der Waals surface area contributed by atoms with E-state index in [1.807, 2.05) is 0 Å². The minimum Gasteiger partial charge on any atom is -0.309 e. The molecule has 0 bridgehead atoms. The zero-order valence-corrected chi connectivity index (χ0v) is 27.2. The number of nitrogens with zero attached hydrogens (tertiary/aromatic N) is 2. The third-order valence-electron chi connectivity index (χ3n) is 10.6. The summed E-state index contributed by atoms with van der Waals surface area (Å²) in [4.78, 5) is 0. The number of para-hydroxylation sites is 1. The molecule has 2 aromatic heterocycles. The van der Waals surface area contributed by atoms with Crippen molar-refractivity contribution in [2.75, 3.05) is 0 Å². The summed E-state index contributed by atoms with van der Waals surface area (Å²) in [6.07, 6.45) is 0. The van der Waals surface area contributed by atoms with Crippen molar-refractivity contribution in [1.29, 1.82) is 0 Å². The molecule has 0 aliphatic rings. The van der Waals surface area contributed by atoms with Gasteiger partial charge in [-0.15, -0.1) is 0 Å². The minimum atomic E-state index is 1.18. The van der Waals surface area contributed by atoms with Crippen molar-refractivity contribution in [1.82, 2.24) is 9.13 Å². The molecule has 11 rings (SSSR count). The minimum absolute atomic E-state index is 1.18. The third kappa shape index (κ3) is 3.96. The van der Waals surface area contributed by atoms with E-state index >= 15 is 0 Å². The van der Waals surface area contributed by atoms with Crippen LogP contribution in [-0.2, 0) is 0 Å². The lowest BCUT2D eigenvalue weighted by molar-refractivity contribution is 1.19. The molecule has 0 N–H and O–H groups in total. The molecule has 0 radical (unpaired) electrons. The molecule has 0 saturated carbocycles. The molecular weight excluding hydrogens is 605 g/mol. The average molecular weight is 635 g/mol. The van der Waals surface area contributed by atoms with E-state index in [0.29, 0.717) is 0 Å². The molecule has 0 aliphatic heterocycles. The van der Waals surface area contributed by atoms with Crippen LogP contribution in [0, 0.1) is 0 Å². The van der Waals surface area contributed by atoms with Gasteiger partial charge in [0, 0.05) is 32.9 Å². The van der Waals surface area contributed by atoms with Crippen LogP contribution in [0.4, 0.5) is 0 Å². The lowest BCUT2D eigenvalue weighted by Crippen LogP contribution is -1.94. The van der Waals surface area contributed by atoms with Crippen LogP contribution in [0.2, 0.25) is 0 Å². The largest absolute Gasteiger partial charge is 0.309 e. The van der Waals surface area contributed by atoms with E-state index in [4.69, 9.17) is 0 Å². The van der Waals surface area contributed by atoms with Gasteiger partial charge in [-0.25, -0.2) is 0 Å². The first-order chi connectivity index (χ1) is 24.8. The molecule has 11 aromatic rings. The Morgan fingerprint density at radius 2 is 0.720 bits per heavy atom. The van der Waals surface area contributed by atoms with E-state index in [1.54, 1.807) is 0 Å². The second-order valence-corrected chi connectivity index (χ2v) is 13.4. The van der Waals surface area contributed by atoms with E-state index in [0.717, 1.165) is 0 Å². The predicted octanol–water partition coefficient (Wildman–Crippen LogP) is 13.0. The second-order valence-electron chi connectivity index (χ2n) is 13.4. The molecule has 9 aromatic carbocycles. The first kappa shape index (κ1) is 27.3. The maximum absolute atomic E-state index is 2.44. The molecular formula is C48H30N2. The Morgan fingerprint density at radius 1 is 0.260 bits per heavy atom. The first-order valence-electron chi connectivity index (χ1n) is 17.3. The van der Waals surface area contributed by atoms with Gasteiger partial charge in [0.05, 0.1) is 22.1 Å². The lowest BCUT2D eigenvalue weighted by atomic mass is 9.99. The first-order valence-corrected chi connectivity index (χ1v) is 17.3. The van der Waals surface area contributed by atoms with Crippen molar-refractivity contribution in [2.24, 2.45) is 0 Å². The molecule has 50 heavy (non-hydrogen) atoms. The van der Waals surface area contributed by atoms with Gasteiger partial charge in [-0.3, -0.25) is 0 Å². The van der Waals surface area contributed by atoms with Gasteiger partial charge in [0.25, 0.3) is 0 Å². The Bertz CT molecular complexity index is 3160. The zero-order chi connectivity index (χ0) is 32.8. The standard InChI is InChI=1S/C48H30N2/c1-3-12-34-27-38(22-17-31(34)9-1)49-44-16-8-7-15-41(44)42-29-36(20-24-45(42)49)37-21-25-46-43(30-37)48-40-14-6-5-11-33(40)19-26-47(48)50(46)39-23-18-32-10-2-4-13-35(32)28-39/h1-30H. The summed E-state index contributed by atoms with van der Waals surface area (Å²) in [6, 6.07) is 66.9. The Labute approximate surface area is 288 Å². The maximum Gasteiger partial charge on any atom is 0.0547 e. The molecule has 2 heteroatoms. The van der Waals surface area contributed by atoms with Crippen LogP contribution < -0.4 is 0 Å². The van der Waals surface area contributed by atoms with E-state index in [1.165, 1.54) is 98.4 Å². The summed E-state index contributed by atoms with van der Waals surface area (Å²) in [5.41, 5.74) is 9.65. The van der Waals surface area contributed by atoms with Crippen molar-refractivity contribution in [2.45, 2.75) is 0 Å². The van der Waals surface area contributed by atoms with Crippen LogP contribution in [0.3, 0.4) is 0 Å². The Morgan fingerprint density at radius 3 is 1.40 bits per heavy atom. The normalized spacial score (nSPS) is 12.0. The highest BCUT2D eigenvalue weighted by atomic mass is 15.0. The Hall–Kier alpha value is -6.64. The third-order valence-corrected chi connectivity index (χ3v) is 10.6. The van der Waals surface area contributed by atoms with Gasteiger partial charge >= 0.3 is 0 Å². The smallest absolute Gasteiger partial charge is 0.0547 e. The molecule has 232 valence electrons. The van der Waals surface area contributed by atoms with Crippen LogP contribution in [0.25, 0.3) is 98.4 Å². The molecule has 0 aliphatic carbocycles. The zero-order valence-electron chi connectivity index (χ0n) is 27.2. The summed E-state index contributed by atoms with van der Waals surface area (Å²) in [5, 5.41) is 12.6. The van der Waals surface area contributed by atoms with Gasteiger partial charge in [-0.2, -0.15) is 0 Å². The van der Waals surface area contributed by atoms with E-state index in [-0.39, 0.29) is 0 Å². The van der Waals surface area contributed by atoms with Gasteiger partial charge in [-0.1, -0.05) is 121 Å². The number of hydrogen-bond acceptors (Lipinski definition) is 0. The van der Waals surface area contributed by atoms with Gasteiger partial charge in [-0.05, 0) is 104 Å². The summed E-state index contributed by atoms with van der Waals surface area (Å²) in [5.74, 6) is 0. The summed E-state index contributed by atoms with van der Waals surface area (Å²) in [7, 11) is 0. The van der Waals surface area contributed by atoms with Crippen LogP contribution in [0.15, 0.2) is 182 Å². The molecule has 0 saturated heterocycles. The fourth-order valence-electron chi connectivity index (χ4n) is 8.31. The molecule has 0 atom stereocenters. The fourth-order valence-corrected chi connectivity index (χ4v) is 8.31. The number of rotatable bonds is 3. The highest BCUT2D eigenvalue weighted by molar-refractivity contribution is 6.22. The highest BCUT2D eigenvalue weighted by Crippen LogP contribution is 2.41. The van der Waals surface area contributed by atoms with Crippen molar-refractivity contribution in [3.8, 4) is 22.5 Å². The Balaban J connectivity index is 1.15. The average Bonchev–Trinajstić information content (AvgIpc) is 3.70. The van der Waals surface area contributed by atoms with Crippen LogP contribution >= 0.6 is 0 Å². The number of aromatic nitrogens is 2. The SMILES string of the molecule is c1ccc2cc(-n3c4ccccc4c4cc(-c5ccc6c(c5)c5c7ccccc7ccc5n6-c5ccc6ccccc6c5)ccc43)ccc2c1. The second kappa shape index (κ2) is 10.4. The van der Waals surface area contributed by atoms with Crippen molar-refractivity contribution in [3.63, 3.8) is 0 Å². The topological polar surface area (TPSA) is 9.86 Å². The van der Waals surface area contributed by atoms with Crippen molar-refractivity contribution >= 4 is 75.9 Å². The summed E-state index contributed by atoms with van der Waals surface area (Å²) < 4.78 is 4.85. The van der Waals surface area contributed by atoms with E-state index in [9.17, 15) is 0 Å². The number of fused-ring (bicyclic) bond motifs is 10. The summed E-state index contributed by atoms with van der Waals surface area (Å²) >= 11 is 0. The molecule has 2 nitrogen and oxygen atoms in total. The van der Waals surface area contributed by atoms with Crippen LogP contribution in [-0.4, -0.2) is 9.13 Å². The van der Waals surface area contributed by atoms with E-state index in [2.05, 4.69) is 191 Å². The van der Waals surface area contributed by atoms with Gasteiger partial charge < -0.3 is 9.13 Å². The van der Waals surface area contributed by atoms with E-state index < -0.39 is 0 Å². The predicted molar refractivity (Wildman–Crippen MR) is 213 cm³/mol. The Kier molecular flexibility index (Phi) is 5.70. The quantitative estimate of drug-likeness (QED) is 0.183. The number of benzene rings is 9. The summed E-state index contributed by atoms with van der Waals surface area (Å²) in [6.45, 7) is 0. The maximum atomic E-state index is 2.44. The molecule has 0 fully saturated rings. The monoisotopic (exact) mass is 634 g/mol.